The maximum Gasteiger partial charge on any atom is 0.586 e. The molecule has 1 saturated heterocycles. The molecule has 2 aromatic carbocycles. The molecule has 12 heteroatoms. The van der Waals surface area contributed by atoms with Crippen LogP contribution in [0, 0.1) is 17.8 Å². The molecule has 2 heterocycles. The van der Waals surface area contributed by atoms with E-state index in [-0.39, 0.29) is 48.3 Å². The molecule has 3 amide bonds. The van der Waals surface area contributed by atoms with Gasteiger partial charge in [-0.05, 0) is 55.4 Å². The zero-order valence-corrected chi connectivity index (χ0v) is 25.5. The number of carbonyl (C=O) groups is 5. The molecule has 2 fully saturated rings. The fourth-order valence-corrected chi connectivity index (χ4v) is 6.46. The van der Waals surface area contributed by atoms with Crippen LogP contribution in [0.5, 0.6) is 11.5 Å². The Bertz CT molecular complexity index is 1450. The van der Waals surface area contributed by atoms with Crippen LogP contribution in [0.3, 0.4) is 0 Å². The molecule has 2 aliphatic heterocycles. The zero-order valence-electron chi connectivity index (χ0n) is 25.5. The number of benzene rings is 2. The predicted molar refractivity (Wildman–Crippen MR) is 162 cm³/mol. The number of fused-ring (bicyclic) bond motifs is 1. The molecular weight excluding hydrogens is 600 g/mol. The quantitative estimate of drug-likeness (QED) is 0.217. The Kier molecular flexibility index (Phi) is 10.6. The lowest BCUT2D eigenvalue weighted by atomic mass is 9.80. The van der Waals surface area contributed by atoms with Crippen LogP contribution in [0.15, 0.2) is 48.5 Å². The zero-order chi connectivity index (χ0) is 32.7. The SMILES string of the molecule is O=C(NCc1ccccc1)C(=O)[C@H](C[C@@H]1CCCNC1=O)NC(=O)[C@@H](CC(=O)c1ccc2c(c1)OC(F)(F)O2)CC1CCCCC1. The monoisotopic (exact) mass is 639 g/mol. The smallest absolute Gasteiger partial charge is 0.395 e. The topological polar surface area (TPSA) is 140 Å². The lowest BCUT2D eigenvalue weighted by Crippen LogP contribution is -2.51. The first-order valence-corrected chi connectivity index (χ1v) is 15.9. The maximum absolute atomic E-state index is 13.9. The Balaban J connectivity index is 1.32. The van der Waals surface area contributed by atoms with Crippen LogP contribution in [0.1, 0.15) is 80.1 Å². The molecule has 3 N–H and O–H groups in total. The van der Waals surface area contributed by atoms with Gasteiger partial charge in [0.1, 0.15) is 0 Å². The van der Waals surface area contributed by atoms with Crippen LogP contribution in [-0.4, -0.2) is 48.2 Å². The average molecular weight is 640 g/mol. The highest BCUT2D eigenvalue weighted by molar-refractivity contribution is 6.38. The molecule has 3 atom stereocenters. The minimum atomic E-state index is -3.84. The summed E-state index contributed by atoms with van der Waals surface area (Å²) in [4.78, 5) is 66.4. The molecule has 1 aliphatic carbocycles. The number of hydrogen-bond donors (Lipinski definition) is 3. The second-order valence-electron chi connectivity index (χ2n) is 12.4. The Morgan fingerprint density at radius 3 is 2.39 bits per heavy atom. The number of piperidine rings is 1. The highest BCUT2D eigenvalue weighted by Crippen LogP contribution is 2.41. The first-order valence-electron chi connectivity index (χ1n) is 15.9. The normalized spacial score (nSPS) is 20.2. The number of alkyl halides is 2. The average Bonchev–Trinajstić information content (AvgIpc) is 3.37. The first-order chi connectivity index (χ1) is 22.1. The van der Waals surface area contributed by atoms with Crippen LogP contribution in [0.4, 0.5) is 8.78 Å². The molecule has 2 aromatic rings. The van der Waals surface area contributed by atoms with Gasteiger partial charge in [-0.25, -0.2) is 0 Å². The number of amides is 3. The fraction of sp³-hybridized carbons (Fsp3) is 0.500. The van der Waals surface area contributed by atoms with E-state index in [9.17, 15) is 32.8 Å². The van der Waals surface area contributed by atoms with Crippen LogP contribution >= 0.6 is 0 Å². The van der Waals surface area contributed by atoms with Gasteiger partial charge in [0.2, 0.25) is 17.6 Å². The van der Waals surface area contributed by atoms with E-state index in [0.29, 0.717) is 25.8 Å². The summed E-state index contributed by atoms with van der Waals surface area (Å²) in [6.45, 7) is 0.622. The van der Waals surface area contributed by atoms with Crippen molar-refractivity contribution in [3.63, 3.8) is 0 Å². The fourth-order valence-electron chi connectivity index (χ4n) is 6.46. The number of ether oxygens (including phenoxy) is 2. The third kappa shape index (κ3) is 8.67. The van der Waals surface area contributed by atoms with Crippen LogP contribution in [0.25, 0.3) is 0 Å². The lowest BCUT2D eigenvalue weighted by molar-refractivity contribution is -0.286. The molecule has 0 spiro atoms. The van der Waals surface area contributed by atoms with Crippen molar-refractivity contribution < 1.29 is 42.2 Å². The molecule has 1 saturated carbocycles. The minimum absolute atomic E-state index is 0.0599. The number of halogens is 2. The van der Waals surface area contributed by atoms with Gasteiger partial charge in [0, 0.05) is 36.9 Å². The molecule has 10 nitrogen and oxygen atoms in total. The van der Waals surface area contributed by atoms with Gasteiger partial charge in [-0.3, -0.25) is 24.0 Å². The third-order valence-corrected chi connectivity index (χ3v) is 8.94. The van der Waals surface area contributed by atoms with Crippen molar-refractivity contribution in [1.82, 2.24) is 16.0 Å². The Hall–Kier alpha value is -4.35. The summed E-state index contributed by atoms with van der Waals surface area (Å²) in [6, 6.07) is 11.5. The van der Waals surface area contributed by atoms with E-state index in [1.54, 1.807) is 24.3 Å². The molecule has 3 aliphatic rings. The van der Waals surface area contributed by atoms with Gasteiger partial charge in [0.15, 0.2) is 17.3 Å². The predicted octanol–water partition coefficient (Wildman–Crippen LogP) is 4.45. The molecular formula is C34H39F2N3O7. The Morgan fingerprint density at radius 2 is 1.65 bits per heavy atom. The van der Waals surface area contributed by atoms with Gasteiger partial charge >= 0.3 is 6.29 Å². The molecule has 0 radical (unpaired) electrons. The summed E-state index contributed by atoms with van der Waals surface area (Å²) in [5.41, 5.74) is 0.863. The van der Waals surface area contributed by atoms with Crippen molar-refractivity contribution in [2.45, 2.75) is 83.1 Å². The Morgan fingerprint density at radius 1 is 0.913 bits per heavy atom. The highest BCUT2D eigenvalue weighted by atomic mass is 19.3. The van der Waals surface area contributed by atoms with E-state index in [2.05, 4.69) is 25.4 Å². The summed E-state index contributed by atoms with van der Waals surface area (Å²) in [5, 5.41) is 8.12. The van der Waals surface area contributed by atoms with Gasteiger partial charge in [0.05, 0.1) is 6.04 Å². The number of Topliss-reactive ketones (excluding diaryl/α,β-unsaturated/α-hetero) is 2. The summed E-state index contributed by atoms with van der Waals surface area (Å²) >= 11 is 0. The molecule has 5 rings (SSSR count). The number of hydrogen-bond acceptors (Lipinski definition) is 7. The van der Waals surface area contributed by atoms with E-state index in [1.807, 2.05) is 6.07 Å². The van der Waals surface area contributed by atoms with Gasteiger partial charge in [-0.2, -0.15) is 0 Å². The molecule has 0 bridgehead atoms. The minimum Gasteiger partial charge on any atom is -0.395 e. The number of rotatable bonds is 13. The van der Waals surface area contributed by atoms with Gasteiger partial charge < -0.3 is 25.4 Å². The number of nitrogens with one attached hydrogen (secondary N) is 3. The summed E-state index contributed by atoms with van der Waals surface area (Å²) in [5.74, 6) is -4.77. The molecule has 0 aromatic heterocycles. The van der Waals surface area contributed by atoms with Gasteiger partial charge in [-0.15, -0.1) is 8.78 Å². The van der Waals surface area contributed by atoms with E-state index in [4.69, 9.17) is 0 Å². The third-order valence-electron chi connectivity index (χ3n) is 8.94. The van der Waals surface area contributed by atoms with Crippen molar-refractivity contribution >= 4 is 29.3 Å². The largest absolute Gasteiger partial charge is 0.586 e. The maximum atomic E-state index is 13.9. The van der Waals surface area contributed by atoms with Gasteiger partial charge in [0.25, 0.3) is 5.91 Å². The molecule has 46 heavy (non-hydrogen) atoms. The lowest BCUT2D eigenvalue weighted by Gasteiger charge is -2.29. The summed E-state index contributed by atoms with van der Waals surface area (Å²) in [6.07, 6.45) is 2.32. The van der Waals surface area contributed by atoms with Crippen LogP contribution in [-0.2, 0) is 25.7 Å². The highest BCUT2D eigenvalue weighted by Gasteiger charge is 2.44. The van der Waals surface area contributed by atoms with Crippen molar-refractivity contribution in [3.05, 3.63) is 59.7 Å². The van der Waals surface area contributed by atoms with Crippen LogP contribution < -0.4 is 25.4 Å². The van der Waals surface area contributed by atoms with E-state index < -0.39 is 47.6 Å². The number of ketones is 2. The van der Waals surface area contributed by atoms with E-state index in [0.717, 1.165) is 37.7 Å². The van der Waals surface area contributed by atoms with Crippen LogP contribution in [0.2, 0.25) is 0 Å². The second kappa shape index (κ2) is 14.8. The number of carbonyl (C=O) groups excluding carboxylic acids is 5. The molecule has 0 unspecified atom stereocenters. The van der Waals surface area contributed by atoms with E-state index >= 15 is 0 Å². The summed E-state index contributed by atoms with van der Waals surface area (Å²) < 4.78 is 36.0. The molecule has 246 valence electrons. The second-order valence-corrected chi connectivity index (χ2v) is 12.4. The van der Waals surface area contributed by atoms with Gasteiger partial charge in [-0.1, -0.05) is 62.4 Å². The Labute approximate surface area is 266 Å². The van der Waals surface area contributed by atoms with Crippen molar-refractivity contribution in [3.8, 4) is 11.5 Å². The standard InChI is InChI=1S/C34H39F2N3O7/c35-34(36)45-28-14-13-23(19-29(28)46-34)27(40)18-25(16-21-8-3-1-4-9-21)32(43)39-26(17-24-12-7-15-37-31(24)42)30(41)33(44)38-20-22-10-5-2-6-11-22/h2,5-6,10-11,13-14,19,21,24-26H,1,3-4,7-9,12,15-18,20H2,(H,37,42)(H,38,44)(H,39,43)/t24-,25+,26-/m0/s1. The first kappa shape index (κ1) is 33.0. The van der Waals surface area contributed by atoms with Crippen molar-refractivity contribution in [1.29, 1.82) is 0 Å². The van der Waals surface area contributed by atoms with E-state index in [1.165, 1.54) is 18.2 Å². The summed E-state index contributed by atoms with van der Waals surface area (Å²) in [7, 11) is 0. The van der Waals surface area contributed by atoms with Crippen molar-refractivity contribution in [2.75, 3.05) is 6.54 Å². The van der Waals surface area contributed by atoms with Crippen molar-refractivity contribution in [2.24, 2.45) is 17.8 Å².